The predicted octanol–water partition coefficient (Wildman–Crippen LogP) is 3.95. The summed E-state index contributed by atoms with van der Waals surface area (Å²) in [6, 6.07) is 0.506. The molecule has 0 unspecified atom stereocenters. The van der Waals surface area contributed by atoms with Crippen molar-refractivity contribution in [3.05, 3.63) is 11.7 Å². The molecule has 8 heteroatoms. The van der Waals surface area contributed by atoms with Gasteiger partial charge in [0.25, 0.3) is 0 Å². The molecule has 1 aromatic rings. The summed E-state index contributed by atoms with van der Waals surface area (Å²) in [5.74, 6) is 3.58. The fourth-order valence-corrected chi connectivity index (χ4v) is 4.38. The molecule has 0 bridgehead atoms. The first-order valence-electron chi connectivity index (χ1n) is 11.7. The first-order chi connectivity index (χ1) is 14.1. The summed E-state index contributed by atoms with van der Waals surface area (Å²) >= 11 is 0. The largest absolute Gasteiger partial charge is 0.357 e. The van der Waals surface area contributed by atoms with E-state index in [-0.39, 0.29) is 24.0 Å². The first-order valence-corrected chi connectivity index (χ1v) is 11.7. The van der Waals surface area contributed by atoms with Crippen LogP contribution in [0.3, 0.4) is 0 Å². The maximum absolute atomic E-state index is 5.32. The first kappa shape index (κ1) is 25.4. The average Bonchev–Trinajstić information content (AvgIpc) is 3.20. The zero-order valence-electron chi connectivity index (χ0n) is 19.0. The molecule has 0 atom stereocenters. The highest BCUT2D eigenvalue weighted by Gasteiger charge is 2.23. The molecule has 7 nitrogen and oxygen atoms in total. The topological polar surface area (TPSA) is 78.6 Å². The van der Waals surface area contributed by atoms with E-state index in [0.717, 1.165) is 24.2 Å². The minimum absolute atomic E-state index is 0. The quantitative estimate of drug-likeness (QED) is 0.300. The van der Waals surface area contributed by atoms with Gasteiger partial charge >= 0.3 is 0 Å². The van der Waals surface area contributed by atoms with Crippen molar-refractivity contribution in [1.29, 1.82) is 0 Å². The lowest BCUT2D eigenvalue weighted by Gasteiger charge is -2.36. The number of nitrogens with one attached hydrogen (secondary N) is 2. The average molecular weight is 533 g/mol. The van der Waals surface area contributed by atoms with Crippen LogP contribution < -0.4 is 10.6 Å². The van der Waals surface area contributed by atoms with Gasteiger partial charge in [-0.3, -0.25) is 4.99 Å². The molecule has 2 heterocycles. The summed E-state index contributed by atoms with van der Waals surface area (Å²) in [6.07, 6.45) is 10.3. The van der Waals surface area contributed by atoms with Crippen molar-refractivity contribution in [2.24, 2.45) is 10.9 Å². The molecule has 1 aliphatic heterocycles. The van der Waals surface area contributed by atoms with E-state index in [0.29, 0.717) is 30.8 Å². The Labute approximate surface area is 199 Å². The van der Waals surface area contributed by atoms with E-state index in [9.17, 15) is 0 Å². The third-order valence-corrected chi connectivity index (χ3v) is 6.11. The zero-order chi connectivity index (χ0) is 20.5. The highest BCUT2D eigenvalue weighted by Crippen LogP contribution is 2.25. The van der Waals surface area contributed by atoms with Gasteiger partial charge in [-0.1, -0.05) is 38.3 Å². The lowest BCUT2D eigenvalue weighted by atomic mass is 9.88. The van der Waals surface area contributed by atoms with Crippen LogP contribution in [0.4, 0.5) is 0 Å². The van der Waals surface area contributed by atoms with Crippen molar-refractivity contribution in [1.82, 2.24) is 25.7 Å². The Kier molecular flexibility index (Phi) is 11.4. The number of guanidine groups is 1. The smallest absolute Gasteiger partial charge is 0.228 e. The molecule has 172 valence electrons. The molecule has 30 heavy (non-hydrogen) atoms. The Morgan fingerprint density at radius 1 is 1.17 bits per heavy atom. The molecular formula is C22H41IN6O. The summed E-state index contributed by atoms with van der Waals surface area (Å²) in [6.45, 7) is 11.5. The van der Waals surface area contributed by atoms with Crippen LogP contribution in [-0.2, 0) is 6.42 Å². The second-order valence-electron chi connectivity index (χ2n) is 8.93. The van der Waals surface area contributed by atoms with Crippen molar-refractivity contribution in [2.45, 2.75) is 84.1 Å². The third-order valence-electron chi connectivity index (χ3n) is 6.11. The minimum Gasteiger partial charge on any atom is -0.357 e. The van der Waals surface area contributed by atoms with Crippen LogP contribution in [0.25, 0.3) is 0 Å². The number of likely N-dealkylation sites (tertiary alicyclic amines) is 1. The van der Waals surface area contributed by atoms with Crippen LogP contribution in [0.1, 0.15) is 83.3 Å². The van der Waals surface area contributed by atoms with Gasteiger partial charge in [0.1, 0.15) is 0 Å². The van der Waals surface area contributed by atoms with Gasteiger partial charge in [0.15, 0.2) is 11.8 Å². The minimum atomic E-state index is 0. The number of hydrogen-bond donors (Lipinski definition) is 2. The van der Waals surface area contributed by atoms with E-state index >= 15 is 0 Å². The summed E-state index contributed by atoms with van der Waals surface area (Å²) < 4.78 is 5.32. The van der Waals surface area contributed by atoms with E-state index in [1.54, 1.807) is 0 Å². The summed E-state index contributed by atoms with van der Waals surface area (Å²) in [4.78, 5) is 11.8. The molecule has 1 aromatic heterocycles. The van der Waals surface area contributed by atoms with Crippen LogP contribution >= 0.6 is 24.0 Å². The van der Waals surface area contributed by atoms with Crippen LogP contribution in [0.15, 0.2) is 9.52 Å². The Morgan fingerprint density at radius 3 is 2.53 bits per heavy atom. The lowest BCUT2D eigenvalue weighted by molar-refractivity contribution is 0.160. The second-order valence-corrected chi connectivity index (χ2v) is 8.93. The van der Waals surface area contributed by atoms with Crippen molar-refractivity contribution in [2.75, 3.05) is 32.7 Å². The van der Waals surface area contributed by atoms with Crippen molar-refractivity contribution >= 4 is 29.9 Å². The maximum atomic E-state index is 5.32. The Hall–Kier alpha value is -0.900. The van der Waals surface area contributed by atoms with E-state index in [2.05, 4.69) is 46.4 Å². The summed E-state index contributed by atoms with van der Waals surface area (Å²) in [5.41, 5.74) is 0. The standard InChI is InChI=1S/C22H40N6O.HI/c1-4-23-22(24-13-10-20-26-21(17(2)3)27-29-20)25-19-11-14-28(15-12-19)16-18-8-6-5-7-9-18;/h17-19H,4-16H2,1-3H3,(H2,23,24,25);1H. The van der Waals surface area contributed by atoms with Gasteiger partial charge in [-0.25, -0.2) is 0 Å². The van der Waals surface area contributed by atoms with Crippen molar-refractivity contribution in [3.63, 3.8) is 0 Å². The summed E-state index contributed by atoms with van der Waals surface area (Å²) in [5, 5.41) is 11.0. The van der Waals surface area contributed by atoms with Crippen molar-refractivity contribution in [3.8, 4) is 0 Å². The van der Waals surface area contributed by atoms with E-state index in [1.807, 2.05) is 0 Å². The summed E-state index contributed by atoms with van der Waals surface area (Å²) in [7, 11) is 0. The van der Waals surface area contributed by atoms with Gasteiger partial charge in [-0.15, -0.1) is 24.0 Å². The predicted molar refractivity (Wildman–Crippen MR) is 133 cm³/mol. The molecule has 2 aliphatic rings. The molecule has 3 rings (SSSR count). The van der Waals surface area contributed by atoms with Crippen LogP contribution in [0.2, 0.25) is 0 Å². The van der Waals surface area contributed by atoms with E-state index in [1.165, 1.54) is 64.6 Å². The highest BCUT2D eigenvalue weighted by atomic mass is 127. The molecule has 0 spiro atoms. The van der Waals surface area contributed by atoms with E-state index < -0.39 is 0 Å². The van der Waals surface area contributed by atoms with E-state index in [4.69, 9.17) is 9.52 Å². The third kappa shape index (κ3) is 8.32. The molecule has 0 radical (unpaired) electrons. The van der Waals surface area contributed by atoms with Gasteiger partial charge in [-0.2, -0.15) is 4.98 Å². The molecule has 0 amide bonds. The zero-order valence-corrected chi connectivity index (χ0v) is 21.4. The van der Waals surface area contributed by atoms with Crippen LogP contribution in [0.5, 0.6) is 0 Å². The molecule has 1 aliphatic carbocycles. The number of halogens is 1. The Bertz CT molecular complexity index is 621. The van der Waals surface area contributed by atoms with Crippen LogP contribution in [0, 0.1) is 5.92 Å². The van der Waals surface area contributed by atoms with Gasteiger partial charge < -0.3 is 20.1 Å². The van der Waals surface area contributed by atoms with Gasteiger partial charge in [0.2, 0.25) is 5.89 Å². The molecule has 0 aromatic carbocycles. The SMILES string of the molecule is CCNC(=NCCc1nc(C(C)C)no1)NC1CCN(CC2CCCCC2)CC1.I. The number of nitrogens with zero attached hydrogens (tertiary/aromatic N) is 4. The molecule has 2 N–H and O–H groups in total. The monoisotopic (exact) mass is 532 g/mol. The molecular weight excluding hydrogens is 491 g/mol. The van der Waals surface area contributed by atoms with Gasteiger partial charge in [-0.05, 0) is 38.5 Å². The lowest BCUT2D eigenvalue weighted by Crippen LogP contribution is -2.49. The molecule has 2 fully saturated rings. The highest BCUT2D eigenvalue weighted by molar-refractivity contribution is 14.0. The van der Waals surface area contributed by atoms with Crippen LogP contribution in [-0.4, -0.2) is 59.8 Å². The molecule has 1 saturated carbocycles. The number of hydrogen-bond acceptors (Lipinski definition) is 5. The fourth-order valence-electron chi connectivity index (χ4n) is 4.38. The Balaban J connectivity index is 0.00000320. The number of piperidine rings is 1. The Morgan fingerprint density at radius 2 is 1.90 bits per heavy atom. The normalized spacial score (nSPS) is 19.7. The second kappa shape index (κ2) is 13.5. The molecule has 1 saturated heterocycles. The number of aromatic nitrogens is 2. The number of rotatable bonds is 8. The van der Waals surface area contributed by atoms with Gasteiger partial charge in [0.05, 0.1) is 6.54 Å². The number of aliphatic imine (C=N–C) groups is 1. The fraction of sp³-hybridized carbons (Fsp3) is 0.864. The maximum Gasteiger partial charge on any atom is 0.228 e. The van der Waals surface area contributed by atoms with Gasteiger partial charge in [0, 0.05) is 44.6 Å². The van der Waals surface area contributed by atoms with Crippen molar-refractivity contribution < 1.29 is 4.52 Å².